The van der Waals surface area contributed by atoms with Crippen molar-refractivity contribution in [1.29, 1.82) is 0 Å². The molecule has 1 aromatic carbocycles. The molecule has 1 heterocycles. The van der Waals surface area contributed by atoms with Crippen LogP contribution in [0.1, 0.15) is 10.4 Å². The Bertz CT molecular complexity index is 447. The van der Waals surface area contributed by atoms with Crippen molar-refractivity contribution >= 4 is 51.7 Å². The van der Waals surface area contributed by atoms with Crippen LogP contribution in [0.4, 0.5) is 0 Å². The summed E-state index contributed by atoms with van der Waals surface area (Å²) in [4.78, 5) is 14.0. The molecular formula is C11H10Cl2INO2. The monoisotopic (exact) mass is 385 g/mol. The predicted octanol–water partition coefficient (Wildman–Crippen LogP) is 3.07. The number of rotatable bonds is 1. The number of carbonyl (C=O) groups excluding carboxylic acids is 1. The SMILES string of the molecule is O=C(c1c(Cl)ccc(I)c1Cl)N1CCOCC1. The molecule has 0 atom stereocenters. The fourth-order valence-electron chi connectivity index (χ4n) is 1.65. The standard InChI is InChI=1S/C11H10Cl2INO2/c12-7-1-2-8(14)10(13)9(7)11(16)15-3-5-17-6-4-15/h1-2H,3-6H2. The number of hydrogen-bond acceptors (Lipinski definition) is 2. The van der Waals surface area contributed by atoms with Gasteiger partial charge in [-0.2, -0.15) is 0 Å². The van der Waals surface area contributed by atoms with E-state index in [0.29, 0.717) is 41.9 Å². The Morgan fingerprint density at radius 1 is 1.29 bits per heavy atom. The van der Waals surface area contributed by atoms with E-state index in [9.17, 15) is 4.79 Å². The second kappa shape index (κ2) is 5.73. The molecule has 92 valence electrons. The highest BCUT2D eigenvalue weighted by molar-refractivity contribution is 14.1. The maximum atomic E-state index is 12.3. The maximum Gasteiger partial charge on any atom is 0.257 e. The van der Waals surface area contributed by atoms with Gasteiger partial charge in [0, 0.05) is 16.7 Å². The lowest BCUT2D eigenvalue weighted by molar-refractivity contribution is 0.0303. The van der Waals surface area contributed by atoms with Crippen LogP contribution in [0.5, 0.6) is 0 Å². The summed E-state index contributed by atoms with van der Waals surface area (Å²) in [6.07, 6.45) is 0. The summed E-state index contributed by atoms with van der Waals surface area (Å²) in [5.74, 6) is -0.123. The molecule has 0 radical (unpaired) electrons. The van der Waals surface area contributed by atoms with E-state index < -0.39 is 0 Å². The van der Waals surface area contributed by atoms with Gasteiger partial charge in [-0.05, 0) is 34.7 Å². The van der Waals surface area contributed by atoms with Crippen molar-refractivity contribution in [3.63, 3.8) is 0 Å². The third-order valence-electron chi connectivity index (χ3n) is 2.56. The third-order valence-corrected chi connectivity index (χ3v) is 4.48. The summed E-state index contributed by atoms with van der Waals surface area (Å²) in [6, 6.07) is 3.49. The zero-order valence-corrected chi connectivity index (χ0v) is 12.6. The van der Waals surface area contributed by atoms with Gasteiger partial charge in [-0.25, -0.2) is 0 Å². The van der Waals surface area contributed by atoms with Gasteiger partial charge < -0.3 is 9.64 Å². The van der Waals surface area contributed by atoms with Crippen LogP contribution in [0.2, 0.25) is 10.0 Å². The summed E-state index contributed by atoms with van der Waals surface area (Å²) >= 11 is 14.3. The summed E-state index contributed by atoms with van der Waals surface area (Å²) < 4.78 is 6.03. The molecule has 1 aliphatic rings. The van der Waals surface area contributed by atoms with Gasteiger partial charge in [-0.3, -0.25) is 4.79 Å². The maximum absolute atomic E-state index is 12.3. The minimum Gasteiger partial charge on any atom is -0.378 e. The lowest BCUT2D eigenvalue weighted by Crippen LogP contribution is -2.41. The molecular weight excluding hydrogens is 376 g/mol. The fourth-order valence-corrected chi connectivity index (χ4v) is 2.63. The van der Waals surface area contributed by atoms with Gasteiger partial charge in [0.15, 0.2) is 0 Å². The molecule has 3 nitrogen and oxygen atoms in total. The first-order chi connectivity index (χ1) is 8.11. The number of halogens is 3. The van der Waals surface area contributed by atoms with Crippen LogP contribution < -0.4 is 0 Å². The predicted molar refractivity (Wildman–Crippen MR) is 75.9 cm³/mol. The van der Waals surface area contributed by atoms with Crippen LogP contribution >= 0.6 is 45.8 Å². The van der Waals surface area contributed by atoms with Crippen molar-refractivity contribution in [2.24, 2.45) is 0 Å². The number of morpholine rings is 1. The van der Waals surface area contributed by atoms with E-state index in [1.54, 1.807) is 17.0 Å². The van der Waals surface area contributed by atoms with Gasteiger partial charge >= 0.3 is 0 Å². The quantitative estimate of drug-likeness (QED) is 0.549. The summed E-state index contributed by atoms with van der Waals surface area (Å²) in [7, 11) is 0. The van der Waals surface area contributed by atoms with Crippen molar-refractivity contribution in [1.82, 2.24) is 4.90 Å². The topological polar surface area (TPSA) is 29.5 Å². The fraction of sp³-hybridized carbons (Fsp3) is 0.364. The number of benzene rings is 1. The Morgan fingerprint density at radius 2 is 1.94 bits per heavy atom. The van der Waals surface area contributed by atoms with Gasteiger partial charge in [-0.15, -0.1) is 0 Å². The molecule has 6 heteroatoms. The van der Waals surface area contributed by atoms with Gasteiger partial charge in [0.05, 0.1) is 28.8 Å². The zero-order chi connectivity index (χ0) is 12.4. The summed E-state index contributed by atoms with van der Waals surface area (Å²) in [5, 5.41) is 0.821. The van der Waals surface area contributed by atoms with E-state index in [4.69, 9.17) is 27.9 Å². The molecule has 0 unspecified atom stereocenters. The molecule has 0 aromatic heterocycles. The Kier molecular flexibility index (Phi) is 4.52. The van der Waals surface area contributed by atoms with Crippen LogP contribution in [-0.4, -0.2) is 37.1 Å². The van der Waals surface area contributed by atoms with E-state index >= 15 is 0 Å². The van der Waals surface area contributed by atoms with E-state index in [-0.39, 0.29) is 5.91 Å². The molecule has 0 saturated carbocycles. The first-order valence-corrected chi connectivity index (χ1v) is 6.95. The molecule has 1 aliphatic heterocycles. The number of nitrogens with zero attached hydrogens (tertiary/aromatic N) is 1. The zero-order valence-electron chi connectivity index (χ0n) is 8.88. The lowest BCUT2D eigenvalue weighted by atomic mass is 10.2. The Labute approximate surface area is 123 Å². The molecule has 0 bridgehead atoms. The average molecular weight is 386 g/mol. The Hall–Kier alpha value is -0.0400. The van der Waals surface area contributed by atoms with Crippen molar-refractivity contribution in [2.45, 2.75) is 0 Å². The van der Waals surface area contributed by atoms with E-state index in [1.165, 1.54) is 0 Å². The second-order valence-corrected chi connectivity index (χ2v) is 5.57. The van der Waals surface area contributed by atoms with Crippen LogP contribution in [0.15, 0.2) is 12.1 Å². The number of hydrogen-bond donors (Lipinski definition) is 0. The Morgan fingerprint density at radius 3 is 2.59 bits per heavy atom. The summed E-state index contributed by atoms with van der Waals surface area (Å²) in [6.45, 7) is 2.28. The molecule has 17 heavy (non-hydrogen) atoms. The lowest BCUT2D eigenvalue weighted by Gasteiger charge is -2.27. The minimum atomic E-state index is -0.123. The van der Waals surface area contributed by atoms with Gasteiger partial charge in [0.2, 0.25) is 0 Å². The van der Waals surface area contributed by atoms with Gasteiger partial charge in [-0.1, -0.05) is 23.2 Å². The molecule has 0 spiro atoms. The molecule has 0 aliphatic carbocycles. The van der Waals surface area contributed by atoms with E-state index in [2.05, 4.69) is 22.6 Å². The van der Waals surface area contributed by atoms with Gasteiger partial charge in [0.25, 0.3) is 5.91 Å². The normalized spacial score (nSPS) is 16.1. The van der Waals surface area contributed by atoms with Crippen molar-refractivity contribution in [3.05, 3.63) is 31.3 Å². The second-order valence-electron chi connectivity index (χ2n) is 3.62. The Balaban J connectivity index is 2.32. The largest absolute Gasteiger partial charge is 0.378 e. The summed E-state index contributed by atoms with van der Waals surface area (Å²) in [5.41, 5.74) is 0.391. The molecule has 0 N–H and O–H groups in total. The highest BCUT2D eigenvalue weighted by atomic mass is 127. The average Bonchev–Trinajstić information content (AvgIpc) is 2.35. The van der Waals surface area contributed by atoms with Crippen LogP contribution in [0.3, 0.4) is 0 Å². The van der Waals surface area contributed by atoms with E-state index in [1.807, 2.05) is 0 Å². The van der Waals surface area contributed by atoms with Gasteiger partial charge in [0.1, 0.15) is 0 Å². The van der Waals surface area contributed by atoms with Crippen molar-refractivity contribution < 1.29 is 9.53 Å². The molecule has 1 aromatic rings. The molecule has 1 amide bonds. The smallest absolute Gasteiger partial charge is 0.257 e. The third kappa shape index (κ3) is 2.86. The molecule has 1 fully saturated rings. The highest BCUT2D eigenvalue weighted by Gasteiger charge is 2.24. The first-order valence-electron chi connectivity index (χ1n) is 5.12. The minimum absolute atomic E-state index is 0.123. The van der Waals surface area contributed by atoms with E-state index in [0.717, 1.165) is 3.57 Å². The van der Waals surface area contributed by atoms with Crippen LogP contribution in [0, 0.1) is 3.57 Å². The van der Waals surface area contributed by atoms with Crippen LogP contribution in [0.25, 0.3) is 0 Å². The molecule has 2 rings (SSSR count). The number of amides is 1. The van der Waals surface area contributed by atoms with Crippen molar-refractivity contribution in [2.75, 3.05) is 26.3 Å². The van der Waals surface area contributed by atoms with Crippen LogP contribution in [-0.2, 0) is 4.74 Å². The first kappa shape index (κ1) is 13.4. The highest BCUT2D eigenvalue weighted by Crippen LogP contribution is 2.30. The number of ether oxygens (including phenoxy) is 1. The molecule has 1 saturated heterocycles. The van der Waals surface area contributed by atoms with Crippen molar-refractivity contribution in [3.8, 4) is 0 Å². The number of carbonyl (C=O) groups is 1.